The van der Waals surface area contributed by atoms with Gasteiger partial charge in [-0.05, 0) is 130 Å². The standard InChI is InChI=1S/C44H71FN2O6/c1-28(2)30-18-23-44(39(51)46-26-14-12-10-11-13-15-36(49)47-35(45)27-37(50)52-9)25-24-42(7)31(38(30)44)16-17-33-41(6)21-20-34(53-29(3)48)40(4,5)32(41)19-22-43(33,42)8/h30-35,38H,1,10-27H2,2-9H3,(H,46,51)(H,47,49)/t30-,31+,32-,33+,34-,35?,38+,41-,42+,43+,44-/m0/s1. The average molecular weight is 743 g/mol. The van der Waals surface area contributed by atoms with E-state index in [1.807, 2.05) is 0 Å². The van der Waals surface area contributed by atoms with Crippen molar-refractivity contribution in [1.82, 2.24) is 10.6 Å². The lowest BCUT2D eigenvalue weighted by molar-refractivity contribution is -0.248. The Bertz CT molecular complexity index is 1400. The molecule has 0 aromatic rings. The fraction of sp³-hybridized carbons (Fsp3) is 0.864. The maximum Gasteiger partial charge on any atom is 0.310 e. The summed E-state index contributed by atoms with van der Waals surface area (Å²) in [6, 6.07) is 0. The van der Waals surface area contributed by atoms with E-state index in [4.69, 9.17) is 4.74 Å². The van der Waals surface area contributed by atoms with Gasteiger partial charge < -0.3 is 20.1 Å². The number of allylic oxidation sites excluding steroid dienone is 1. The zero-order chi connectivity index (χ0) is 39.0. The Morgan fingerprint density at radius 3 is 2.19 bits per heavy atom. The second-order valence-electron chi connectivity index (χ2n) is 19.4. The van der Waals surface area contributed by atoms with E-state index in [9.17, 15) is 23.6 Å². The molecule has 2 amide bonds. The number of esters is 2. The van der Waals surface area contributed by atoms with Gasteiger partial charge in [0.15, 0.2) is 6.30 Å². The molecular weight excluding hydrogens is 671 g/mol. The summed E-state index contributed by atoms with van der Waals surface area (Å²) >= 11 is 0. The Balaban J connectivity index is 1.20. The van der Waals surface area contributed by atoms with Crippen LogP contribution >= 0.6 is 0 Å². The van der Waals surface area contributed by atoms with Gasteiger partial charge in [-0.3, -0.25) is 19.2 Å². The zero-order valence-corrected chi connectivity index (χ0v) is 34.3. The molecular formula is C44H71FN2O6. The number of unbranched alkanes of at least 4 members (excludes halogenated alkanes) is 4. The third kappa shape index (κ3) is 7.58. The number of hydrogen-bond acceptors (Lipinski definition) is 6. The molecule has 0 aliphatic heterocycles. The first-order chi connectivity index (χ1) is 24.9. The number of rotatable bonds is 14. The van der Waals surface area contributed by atoms with Crippen molar-refractivity contribution in [3.05, 3.63) is 12.2 Å². The number of halogens is 1. The lowest BCUT2D eigenvalue weighted by Crippen LogP contribution is -2.67. The molecule has 5 fully saturated rings. The van der Waals surface area contributed by atoms with Crippen LogP contribution in [0.5, 0.6) is 0 Å². The minimum absolute atomic E-state index is 0.0192. The molecule has 11 atom stereocenters. The molecule has 0 saturated heterocycles. The molecule has 0 spiro atoms. The molecule has 5 rings (SSSR count). The van der Waals surface area contributed by atoms with Gasteiger partial charge in [0.05, 0.1) is 18.9 Å². The molecule has 0 aromatic carbocycles. The van der Waals surface area contributed by atoms with Crippen LogP contribution in [0.15, 0.2) is 12.2 Å². The van der Waals surface area contributed by atoms with Crippen molar-refractivity contribution in [3.8, 4) is 0 Å². The molecule has 5 aliphatic rings. The molecule has 300 valence electrons. The van der Waals surface area contributed by atoms with Crippen molar-refractivity contribution in [2.24, 2.45) is 56.7 Å². The first-order valence-corrected chi connectivity index (χ1v) is 21.0. The highest BCUT2D eigenvalue weighted by Gasteiger charge is 2.72. The molecule has 0 heterocycles. The van der Waals surface area contributed by atoms with Gasteiger partial charge in [-0.1, -0.05) is 66.0 Å². The number of hydrogen-bond donors (Lipinski definition) is 2. The van der Waals surface area contributed by atoms with E-state index >= 15 is 0 Å². The minimum Gasteiger partial charge on any atom is -0.469 e. The van der Waals surface area contributed by atoms with Crippen LogP contribution in [0.1, 0.15) is 158 Å². The van der Waals surface area contributed by atoms with Gasteiger partial charge in [-0.15, -0.1) is 0 Å². The Morgan fingerprint density at radius 1 is 0.811 bits per heavy atom. The first kappa shape index (κ1) is 41.7. The van der Waals surface area contributed by atoms with E-state index in [2.05, 4.69) is 63.5 Å². The van der Waals surface area contributed by atoms with Crippen LogP contribution in [0.4, 0.5) is 4.39 Å². The molecule has 0 aromatic heterocycles. The molecule has 1 unspecified atom stereocenters. The predicted molar refractivity (Wildman–Crippen MR) is 205 cm³/mol. The summed E-state index contributed by atoms with van der Waals surface area (Å²) in [5.41, 5.74) is 1.38. The van der Waals surface area contributed by atoms with Gasteiger partial charge in [0.2, 0.25) is 11.8 Å². The number of carbonyl (C=O) groups is 4. The van der Waals surface area contributed by atoms with Crippen LogP contribution in [-0.2, 0) is 28.7 Å². The van der Waals surface area contributed by atoms with Gasteiger partial charge in [-0.2, -0.15) is 0 Å². The number of ether oxygens (including phenoxy) is 2. The monoisotopic (exact) mass is 743 g/mol. The van der Waals surface area contributed by atoms with E-state index < -0.39 is 24.6 Å². The summed E-state index contributed by atoms with van der Waals surface area (Å²) in [4.78, 5) is 49.7. The lowest BCUT2D eigenvalue weighted by atomic mass is 9.32. The number of fused-ring (bicyclic) bond motifs is 7. The Morgan fingerprint density at radius 2 is 1.51 bits per heavy atom. The van der Waals surface area contributed by atoms with Gasteiger partial charge in [0, 0.05) is 25.3 Å². The Kier molecular flexibility index (Phi) is 12.6. The van der Waals surface area contributed by atoms with Crippen LogP contribution in [0.2, 0.25) is 0 Å². The first-order valence-electron chi connectivity index (χ1n) is 21.0. The summed E-state index contributed by atoms with van der Waals surface area (Å²) < 4.78 is 24.2. The molecule has 0 bridgehead atoms. The van der Waals surface area contributed by atoms with E-state index in [0.717, 1.165) is 64.2 Å². The van der Waals surface area contributed by atoms with E-state index in [0.29, 0.717) is 42.6 Å². The maximum atomic E-state index is 14.4. The number of methoxy groups -OCH3 is 1. The topological polar surface area (TPSA) is 111 Å². The van der Waals surface area contributed by atoms with Crippen molar-refractivity contribution in [2.45, 2.75) is 170 Å². The normalized spacial score (nSPS) is 38.9. The zero-order valence-electron chi connectivity index (χ0n) is 34.3. The van der Waals surface area contributed by atoms with Crippen LogP contribution in [0, 0.1) is 56.7 Å². The van der Waals surface area contributed by atoms with Crippen LogP contribution < -0.4 is 10.6 Å². The average Bonchev–Trinajstić information content (AvgIpc) is 3.48. The van der Waals surface area contributed by atoms with Crippen LogP contribution in [-0.4, -0.2) is 49.8 Å². The molecule has 2 N–H and O–H groups in total. The van der Waals surface area contributed by atoms with Crippen molar-refractivity contribution in [2.75, 3.05) is 13.7 Å². The van der Waals surface area contributed by atoms with Crippen molar-refractivity contribution in [3.63, 3.8) is 0 Å². The molecule has 5 aliphatic carbocycles. The highest BCUT2D eigenvalue weighted by atomic mass is 19.1. The fourth-order valence-electron chi connectivity index (χ4n) is 13.8. The summed E-state index contributed by atoms with van der Waals surface area (Å²) in [6.45, 7) is 21.4. The quantitative estimate of drug-likeness (QED) is 0.0796. The smallest absolute Gasteiger partial charge is 0.310 e. The van der Waals surface area contributed by atoms with E-state index in [1.54, 1.807) is 6.92 Å². The van der Waals surface area contributed by atoms with Crippen LogP contribution in [0.25, 0.3) is 0 Å². The Labute approximate surface area is 319 Å². The Hall–Kier alpha value is -2.45. The fourth-order valence-corrected chi connectivity index (χ4v) is 13.8. The molecule has 0 radical (unpaired) electrons. The van der Waals surface area contributed by atoms with E-state index in [1.165, 1.54) is 38.4 Å². The van der Waals surface area contributed by atoms with Crippen molar-refractivity contribution in [1.29, 1.82) is 0 Å². The maximum absolute atomic E-state index is 14.4. The van der Waals surface area contributed by atoms with Crippen LogP contribution in [0.3, 0.4) is 0 Å². The summed E-state index contributed by atoms with van der Waals surface area (Å²) in [5, 5.41) is 5.63. The van der Waals surface area contributed by atoms with Gasteiger partial charge in [0.25, 0.3) is 0 Å². The number of alkyl halides is 1. The largest absolute Gasteiger partial charge is 0.469 e. The number of carbonyl (C=O) groups excluding carboxylic acids is 4. The number of nitrogens with one attached hydrogen (secondary N) is 2. The molecule has 5 saturated carbocycles. The van der Waals surface area contributed by atoms with E-state index in [-0.39, 0.29) is 51.5 Å². The van der Waals surface area contributed by atoms with Gasteiger partial charge in [-0.25, -0.2) is 4.39 Å². The SMILES string of the molecule is C=C(C)[C@@H]1CC[C@]2(C(=O)NCCCCCCCC(=O)NC(F)CC(=O)OC)CC[C@]3(C)[C@H](CC[C@@H]4[C@@]5(C)CC[C@H](OC(C)=O)C(C)(C)[C@@H]5CC[C@]43C)[C@@H]12. The highest BCUT2D eigenvalue weighted by molar-refractivity contribution is 5.84. The van der Waals surface area contributed by atoms with Gasteiger partial charge >= 0.3 is 11.9 Å². The third-order valence-corrected chi connectivity index (χ3v) is 16.5. The number of amides is 2. The van der Waals surface area contributed by atoms with Crippen molar-refractivity contribution < 1.29 is 33.0 Å². The third-order valence-electron chi connectivity index (χ3n) is 16.5. The molecule has 53 heavy (non-hydrogen) atoms. The highest BCUT2D eigenvalue weighted by Crippen LogP contribution is 2.77. The van der Waals surface area contributed by atoms with Crippen molar-refractivity contribution >= 4 is 23.8 Å². The lowest BCUT2D eigenvalue weighted by Gasteiger charge is -2.72. The second kappa shape index (κ2) is 16.0. The predicted octanol–water partition coefficient (Wildman–Crippen LogP) is 9.01. The van der Waals surface area contributed by atoms with Gasteiger partial charge in [0.1, 0.15) is 6.10 Å². The summed E-state index contributed by atoms with van der Waals surface area (Å²) in [5.74, 6) is 1.31. The summed E-state index contributed by atoms with van der Waals surface area (Å²) in [7, 11) is 1.19. The minimum atomic E-state index is -1.73. The molecule has 8 nitrogen and oxygen atoms in total. The summed E-state index contributed by atoms with van der Waals surface area (Å²) in [6.07, 6.45) is 13.1. The molecule has 9 heteroatoms. The second-order valence-corrected chi connectivity index (χ2v) is 19.4.